The second-order valence-corrected chi connectivity index (χ2v) is 6.39. The maximum atomic E-state index is 12.3. The summed E-state index contributed by atoms with van der Waals surface area (Å²) in [7, 11) is -3.28. The molecule has 0 saturated heterocycles. The van der Waals surface area contributed by atoms with Gasteiger partial charge in [0.2, 0.25) is 10.0 Å². The fourth-order valence-electron chi connectivity index (χ4n) is 1.51. The molecule has 0 aliphatic heterocycles. The van der Waals surface area contributed by atoms with E-state index >= 15 is 0 Å². The van der Waals surface area contributed by atoms with Gasteiger partial charge in [-0.1, -0.05) is 12.1 Å². The Morgan fingerprint density at radius 2 is 1.89 bits per heavy atom. The van der Waals surface area contributed by atoms with Crippen molar-refractivity contribution in [3.8, 4) is 0 Å². The SMILES string of the molecule is Cc1ccc(CCl)cc1S(=O)(=O)N(C)CC(F)(F)F. The monoisotopic (exact) mass is 315 g/mol. The summed E-state index contributed by atoms with van der Waals surface area (Å²) < 4.78 is 61.3. The van der Waals surface area contributed by atoms with E-state index in [2.05, 4.69) is 0 Å². The predicted molar refractivity (Wildman–Crippen MR) is 66.6 cm³/mol. The van der Waals surface area contributed by atoms with Gasteiger partial charge in [0, 0.05) is 12.9 Å². The van der Waals surface area contributed by atoms with Crippen LogP contribution in [0.25, 0.3) is 0 Å². The minimum atomic E-state index is -4.58. The van der Waals surface area contributed by atoms with E-state index in [-0.39, 0.29) is 15.1 Å². The lowest BCUT2D eigenvalue weighted by Gasteiger charge is -2.20. The Bertz CT molecular complexity index is 558. The highest BCUT2D eigenvalue weighted by Crippen LogP contribution is 2.24. The average molecular weight is 316 g/mol. The molecule has 8 heteroatoms. The van der Waals surface area contributed by atoms with Crippen molar-refractivity contribution in [2.45, 2.75) is 23.9 Å². The number of sulfonamides is 1. The standard InChI is InChI=1S/C11H13ClF3NO2S/c1-8-3-4-9(6-12)5-10(8)19(17,18)16(2)7-11(13,14)15/h3-5H,6-7H2,1-2H3. The first kappa shape index (κ1) is 16.3. The molecule has 0 N–H and O–H groups in total. The summed E-state index contributed by atoms with van der Waals surface area (Å²) in [6, 6.07) is 4.45. The lowest BCUT2D eigenvalue weighted by molar-refractivity contribution is -0.134. The molecule has 1 aromatic carbocycles. The summed E-state index contributed by atoms with van der Waals surface area (Å²) >= 11 is 5.60. The number of nitrogens with zero attached hydrogens (tertiary/aromatic N) is 1. The molecular formula is C11H13ClF3NO2S. The summed E-state index contributed by atoms with van der Waals surface area (Å²) in [4.78, 5) is -0.155. The first-order valence-corrected chi connectivity index (χ1v) is 7.24. The smallest absolute Gasteiger partial charge is 0.207 e. The lowest BCUT2D eigenvalue weighted by Crippen LogP contribution is -2.36. The van der Waals surface area contributed by atoms with Crippen LogP contribution in [0.5, 0.6) is 0 Å². The Morgan fingerprint density at radius 1 is 1.32 bits per heavy atom. The van der Waals surface area contributed by atoms with Crippen LogP contribution in [0.2, 0.25) is 0 Å². The number of aryl methyl sites for hydroxylation is 1. The van der Waals surface area contributed by atoms with E-state index in [0.717, 1.165) is 7.05 Å². The van der Waals surface area contributed by atoms with Crippen LogP contribution in [0.1, 0.15) is 11.1 Å². The first-order chi connectivity index (χ1) is 8.58. The zero-order valence-corrected chi connectivity index (χ0v) is 11.9. The van der Waals surface area contributed by atoms with Crippen molar-refractivity contribution in [2.75, 3.05) is 13.6 Å². The molecule has 108 valence electrons. The molecule has 1 rings (SSSR count). The summed E-state index contributed by atoms with van der Waals surface area (Å²) in [5.74, 6) is 0.0891. The van der Waals surface area contributed by atoms with Crippen molar-refractivity contribution in [1.29, 1.82) is 0 Å². The van der Waals surface area contributed by atoms with Gasteiger partial charge in [0.15, 0.2) is 0 Å². The van der Waals surface area contributed by atoms with Crippen LogP contribution in [0.15, 0.2) is 23.1 Å². The summed E-state index contributed by atoms with van der Waals surface area (Å²) in [5.41, 5.74) is 0.911. The molecule has 0 amide bonds. The second kappa shape index (κ2) is 5.68. The van der Waals surface area contributed by atoms with E-state index in [4.69, 9.17) is 11.6 Å². The Hall–Kier alpha value is -0.790. The highest BCUT2D eigenvalue weighted by atomic mass is 35.5. The van der Waals surface area contributed by atoms with Gasteiger partial charge in [0.25, 0.3) is 0 Å². The normalized spacial score (nSPS) is 13.0. The maximum Gasteiger partial charge on any atom is 0.402 e. The number of rotatable bonds is 4. The van der Waals surface area contributed by atoms with E-state index in [9.17, 15) is 21.6 Å². The molecule has 0 aliphatic rings. The number of benzene rings is 1. The molecule has 0 heterocycles. The number of hydrogen-bond donors (Lipinski definition) is 0. The van der Waals surface area contributed by atoms with E-state index in [1.165, 1.54) is 19.1 Å². The van der Waals surface area contributed by atoms with E-state index in [1.807, 2.05) is 0 Å². The van der Waals surface area contributed by atoms with Crippen LogP contribution in [-0.4, -0.2) is 32.5 Å². The third kappa shape index (κ3) is 4.09. The van der Waals surface area contributed by atoms with Crippen LogP contribution >= 0.6 is 11.6 Å². The van der Waals surface area contributed by atoms with Crippen molar-refractivity contribution in [3.05, 3.63) is 29.3 Å². The van der Waals surface area contributed by atoms with E-state index in [1.54, 1.807) is 6.07 Å². The van der Waals surface area contributed by atoms with Gasteiger partial charge in [-0.05, 0) is 24.1 Å². The highest BCUT2D eigenvalue weighted by Gasteiger charge is 2.35. The molecule has 3 nitrogen and oxygen atoms in total. The zero-order chi connectivity index (χ0) is 14.8. The van der Waals surface area contributed by atoms with Crippen LogP contribution in [0.3, 0.4) is 0 Å². The van der Waals surface area contributed by atoms with Crippen molar-refractivity contribution in [3.63, 3.8) is 0 Å². The predicted octanol–water partition coefficient (Wildman–Crippen LogP) is 2.92. The summed E-state index contributed by atoms with van der Waals surface area (Å²) in [6.07, 6.45) is -4.58. The van der Waals surface area contributed by atoms with Crippen molar-refractivity contribution in [2.24, 2.45) is 0 Å². The van der Waals surface area contributed by atoms with Gasteiger partial charge in [-0.2, -0.15) is 17.5 Å². The zero-order valence-electron chi connectivity index (χ0n) is 10.3. The van der Waals surface area contributed by atoms with Gasteiger partial charge in [0.05, 0.1) is 4.90 Å². The number of alkyl halides is 4. The molecule has 0 radical (unpaired) electrons. The molecule has 0 aromatic heterocycles. The molecule has 0 unspecified atom stereocenters. The molecule has 0 aliphatic carbocycles. The fourth-order valence-corrected chi connectivity index (χ4v) is 3.10. The molecule has 0 fully saturated rings. The maximum absolute atomic E-state index is 12.3. The van der Waals surface area contributed by atoms with Gasteiger partial charge in [-0.25, -0.2) is 8.42 Å². The van der Waals surface area contributed by atoms with Gasteiger partial charge < -0.3 is 0 Å². The van der Waals surface area contributed by atoms with Crippen LogP contribution in [0, 0.1) is 6.92 Å². The highest BCUT2D eigenvalue weighted by molar-refractivity contribution is 7.89. The molecular weight excluding hydrogens is 303 g/mol. The van der Waals surface area contributed by atoms with Crippen LogP contribution in [-0.2, 0) is 15.9 Å². The van der Waals surface area contributed by atoms with Gasteiger partial charge >= 0.3 is 6.18 Å². The molecule has 0 spiro atoms. The Morgan fingerprint density at radius 3 is 2.37 bits per heavy atom. The van der Waals surface area contributed by atoms with Crippen molar-refractivity contribution in [1.82, 2.24) is 4.31 Å². The fraction of sp³-hybridized carbons (Fsp3) is 0.455. The summed E-state index contributed by atoms with van der Waals surface area (Å²) in [6.45, 7) is -0.00774. The number of halogens is 4. The van der Waals surface area contributed by atoms with Crippen molar-refractivity contribution < 1.29 is 21.6 Å². The molecule has 19 heavy (non-hydrogen) atoms. The molecule has 0 bridgehead atoms. The van der Waals surface area contributed by atoms with Crippen LogP contribution < -0.4 is 0 Å². The number of hydrogen-bond acceptors (Lipinski definition) is 2. The van der Waals surface area contributed by atoms with Gasteiger partial charge in [-0.15, -0.1) is 11.6 Å². The van der Waals surface area contributed by atoms with Gasteiger partial charge in [0.1, 0.15) is 6.54 Å². The minimum absolute atomic E-state index is 0.0891. The lowest BCUT2D eigenvalue weighted by atomic mass is 10.2. The van der Waals surface area contributed by atoms with Gasteiger partial charge in [-0.3, -0.25) is 0 Å². The molecule has 0 atom stereocenters. The molecule has 1 aromatic rings. The Balaban J connectivity index is 3.20. The van der Waals surface area contributed by atoms with Crippen LogP contribution in [0.4, 0.5) is 13.2 Å². The topological polar surface area (TPSA) is 37.4 Å². The Kier molecular flexibility index (Phi) is 4.86. The minimum Gasteiger partial charge on any atom is -0.207 e. The van der Waals surface area contributed by atoms with Crippen molar-refractivity contribution >= 4 is 21.6 Å². The molecule has 0 saturated carbocycles. The van der Waals surface area contributed by atoms with E-state index in [0.29, 0.717) is 11.1 Å². The Labute approximate surface area is 115 Å². The largest absolute Gasteiger partial charge is 0.402 e. The average Bonchev–Trinajstić information content (AvgIpc) is 2.27. The second-order valence-electron chi connectivity index (χ2n) is 4.11. The van der Waals surface area contributed by atoms with E-state index < -0.39 is 22.7 Å². The quantitative estimate of drug-likeness (QED) is 0.801. The summed E-state index contributed by atoms with van der Waals surface area (Å²) in [5, 5.41) is 0. The third-order valence-corrected chi connectivity index (χ3v) is 4.75. The first-order valence-electron chi connectivity index (χ1n) is 5.26. The third-order valence-electron chi connectivity index (χ3n) is 2.50.